The molecule has 0 heterocycles. The van der Waals surface area contributed by atoms with Gasteiger partial charge in [-0.3, -0.25) is 9.52 Å². The number of sulfonamides is 1. The molecule has 0 bridgehead atoms. The van der Waals surface area contributed by atoms with Crippen LogP contribution < -0.4 is 14.8 Å². The number of rotatable bonds is 7. The summed E-state index contributed by atoms with van der Waals surface area (Å²) in [6.07, 6.45) is 0.0230. The van der Waals surface area contributed by atoms with Crippen molar-refractivity contribution in [2.45, 2.75) is 26.9 Å². The van der Waals surface area contributed by atoms with E-state index >= 15 is 0 Å². The molecule has 0 spiro atoms. The third kappa shape index (κ3) is 6.24. The summed E-state index contributed by atoms with van der Waals surface area (Å²) >= 11 is 6.03. The van der Waals surface area contributed by atoms with Gasteiger partial charge in [-0.15, -0.1) is 0 Å². The van der Waals surface area contributed by atoms with Crippen molar-refractivity contribution in [1.29, 1.82) is 0 Å². The third-order valence-electron chi connectivity index (χ3n) is 3.22. The number of benzene rings is 2. The highest BCUT2D eigenvalue weighted by atomic mass is 35.5. The van der Waals surface area contributed by atoms with Crippen molar-refractivity contribution >= 4 is 38.9 Å². The van der Waals surface area contributed by atoms with Gasteiger partial charge in [-0.2, -0.15) is 0 Å². The smallest absolute Gasteiger partial charge is 0.241 e. The van der Waals surface area contributed by atoms with E-state index in [9.17, 15) is 13.2 Å². The van der Waals surface area contributed by atoms with Crippen LogP contribution >= 0.6 is 11.6 Å². The Morgan fingerprint density at radius 3 is 2.38 bits per heavy atom. The summed E-state index contributed by atoms with van der Waals surface area (Å²) in [5.41, 5.74) is 1.65. The third-order valence-corrected chi connectivity index (χ3v) is 4.72. The summed E-state index contributed by atoms with van der Waals surface area (Å²) in [4.78, 5) is 12.0. The Balaban J connectivity index is 1.98. The van der Waals surface area contributed by atoms with Crippen LogP contribution in [0.3, 0.4) is 0 Å². The Labute approximate surface area is 158 Å². The van der Waals surface area contributed by atoms with E-state index in [4.69, 9.17) is 16.3 Å². The molecule has 0 radical (unpaired) electrons. The fraction of sp³-hybridized carbons (Fsp3) is 0.278. The largest absolute Gasteiger partial charge is 0.491 e. The molecule has 0 aromatic heterocycles. The van der Waals surface area contributed by atoms with Crippen LogP contribution in [0.5, 0.6) is 5.75 Å². The predicted molar refractivity (Wildman–Crippen MR) is 104 cm³/mol. The van der Waals surface area contributed by atoms with Gasteiger partial charge in [-0.1, -0.05) is 17.7 Å². The molecule has 2 N–H and O–H groups in total. The van der Waals surface area contributed by atoms with Crippen LogP contribution in [-0.4, -0.2) is 26.2 Å². The minimum atomic E-state index is -3.86. The number of ether oxygens (including phenoxy) is 1. The van der Waals surface area contributed by atoms with Gasteiger partial charge in [0, 0.05) is 5.69 Å². The Morgan fingerprint density at radius 1 is 1.15 bits per heavy atom. The van der Waals surface area contributed by atoms with E-state index in [2.05, 4.69) is 10.0 Å². The monoisotopic (exact) mass is 396 g/mol. The lowest BCUT2D eigenvalue weighted by atomic mass is 10.2. The standard InChI is InChI=1S/C18H21ClN2O4S/c1-12(2)25-15-7-5-14(6-8-15)21-26(23,24)11-18(22)20-17-9-4-13(3)10-16(17)19/h4-10,12,21H,11H2,1-3H3,(H,20,22). The average molecular weight is 397 g/mol. The minimum Gasteiger partial charge on any atom is -0.491 e. The summed E-state index contributed by atoms with van der Waals surface area (Å²) in [6, 6.07) is 11.5. The molecule has 0 atom stereocenters. The van der Waals surface area contributed by atoms with Gasteiger partial charge in [-0.25, -0.2) is 8.42 Å². The van der Waals surface area contributed by atoms with Gasteiger partial charge in [0.2, 0.25) is 15.9 Å². The summed E-state index contributed by atoms with van der Waals surface area (Å²) in [5, 5.41) is 2.85. The first-order valence-electron chi connectivity index (χ1n) is 7.98. The lowest BCUT2D eigenvalue weighted by Crippen LogP contribution is -2.27. The molecule has 8 heteroatoms. The zero-order valence-corrected chi connectivity index (χ0v) is 16.3. The second-order valence-electron chi connectivity index (χ2n) is 6.08. The van der Waals surface area contributed by atoms with Crippen molar-refractivity contribution in [3.8, 4) is 5.75 Å². The van der Waals surface area contributed by atoms with E-state index < -0.39 is 21.7 Å². The van der Waals surface area contributed by atoms with Gasteiger partial charge in [0.15, 0.2) is 0 Å². The van der Waals surface area contributed by atoms with Crippen molar-refractivity contribution in [3.63, 3.8) is 0 Å². The highest BCUT2D eigenvalue weighted by Crippen LogP contribution is 2.23. The van der Waals surface area contributed by atoms with Crippen LogP contribution in [-0.2, 0) is 14.8 Å². The van der Waals surface area contributed by atoms with Crippen molar-refractivity contribution in [2.24, 2.45) is 0 Å². The minimum absolute atomic E-state index is 0.0230. The van der Waals surface area contributed by atoms with Crippen LogP contribution in [0, 0.1) is 6.92 Å². The molecule has 0 saturated carbocycles. The molecule has 0 aliphatic heterocycles. The van der Waals surface area contributed by atoms with Crippen LogP contribution in [0.1, 0.15) is 19.4 Å². The Hall–Kier alpha value is -2.25. The normalized spacial score (nSPS) is 11.3. The molecule has 0 fully saturated rings. The number of anilines is 2. The molecule has 0 aliphatic rings. The van der Waals surface area contributed by atoms with E-state index in [1.165, 1.54) is 0 Å². The van der Waals surface area contributed by atoms with Gasteiger partial charge < -0.3 is 10.1 Å². The van der Waals surface area contributed by atoms with Gasteiger partial charge >= 0.3 is 0 Å². The van der Waals surface area contributed by atoms with Crippen LogP contribution in [0.2, 0.25) is 5.02 Å². The maximum Gasteiger partial charge on any atom is 0.241 e. The highest BCUT2D eigenvalue weighted by molar-refractivity contribution is 7.93. The van der Waals surface area contributed by atoms with Crippen molar-refractivity contribution in [2.75, 3.05) is 15.8 Å². The SMILES string of the molecule is Cc1ccc(NC(=O)CS(=O)(=O)Nc2ccc(OC(C)C)cc2)c(Cl)c1. The van der Waals surface area contributed by atoms with Crippen molar-refractivity contribution in [3.05, 3.63) is 53.1 Å². The molecule has 2 aromatic rings. The van der Waals surface area contributed by atoms with Gasteiger partial charge in [0.1, 0.15) is 11.5 Å². The second kappa shape index (κ2) is 8.42. The summed E-state index contributed by atoms with van der Waals surface area (Å²) < 4.78 is 32.2. The molecule has 140 valence electrons. The maximum absolute atomic E-state index is 12.2. The number of nitrogens with one attached hydrogen (secondary N) is 2. The second-order valence-corrected chi connectivity index (χ2v) is 8.21. The van der Waals surface area contributed by atoms with Gasteiger partial charge in [0.05, 0.1) is 16.8 Å². The Kier molecular flexibility index (Phi) is 6.50. The fourth-order valence-corrected chi connectivity index (χ4v) is 3.44. The molecular formula is C18H21ClN2O4S. The first kappa shape index (κ1) is 20.1. The number of carbonyl (C=O) groups is 1. The average Bonchev–Trinajstić information content (AvgIpc) is 2.50. The van der Waals surface area contributed by atoms with E-state index in [1.54, 1.807) is 42.5 Å². The molecule has 0 unspecified atom stereocenters. The molecular weight excluding hydrogens is 376 g/mol. The topological polar surface area (TPSA) is 84.5 Å². The number of hydrogen-bond acceptors (Lipinski definition) is 4. The van der Waals surface area contributed by atoms with E-state index in [-0.39, 0.29) is 6.10 Å². The van der Waals surface area contributed by atoms with Crippen molar-refractivity contribution < 1.29 is 17.9 Å². The fourth-order valence-electron chi connectivity index (χ4n) is 2.17. The molecule has 2 aromatic carbocycles. The number of aryl methyl sites for hydroxylation is 1. The van der Waals surface area contributed by atoms with Gasteiger partial charge in [-0.05, 0) is 62.7 Å². The molecule has 1 amide bonds. The Bertz CT molecular complexity index is 881. The molecule has 0 saturated heterocycles. The molecule has 0 aliphatic carbocycles. The van der Waals surface area contributed by atoms with Crippen LogP contribution in [0.15, 0.2) is 42.5 Å². The lowest BCUT2D eigenvalue weighted by Gasteiger charge is -2.12. The van der Waals surface area contributed by atoms with Crippen molar-refractivity contribution in [1.82, 2.24) is 0 Å². The first-order chi connectivity index (χ1) is 12.1. The van der Waals surface area contributed by atoms with Gasteiger partial charge in [0.25, 0.3) is 0 Å². The number of amides is 1. The maximum atomic E-state index is 12.2. The molecule has 6 nitrogen and oxygen atoms in total. The zero-order valence-electron chi connectivity index (χ0n) is 14.7. The first-order valence-corrected chi connectivity index (χ1v) is 10.0. The van der Waals surface area contributed by atoms with E-state index in [1.807, 2.05) is 20.8 Å². The van der Waals surface area contributed by atoms with Crippen LogP contribution in [0.4, 0.5) is 11.4 Å². The van der Waals surface area contributed by atoms with E-state index in [0.717, 1.165) is 5.56 Å². The van der Waals surface area contributed by atoms with E-state index in [0.29, 0.717) is 22.1 Å². The lowest BCUT2D eigenvalue weighted by molar-refractivity contribution is -0.113. The highest BCUT2D eigenvalue weighted by Gasteiger charge is 2.17. The molecule has 26 heavy (non-hydrogen) atoms. The van der Waals surface area contributed by atoms with Crippen LogP contribution in [0.25, 0.3) is 0 Å². The number of halogens is 1. The number of hydrogen-bond donors (Lipinski definition) is 2. The zero-order chi connectivity index (χ0) is 19.3. The Morgan fingerprint density at radius 2 is 1.81 bits per heavy atom. The number of carbonyl (C=O) groups excluding carboxylic acids is 1. The quantitative estimate of drug-likeness (QED) is 0.745. The molecule has 2 rings (SSSR count). The summed E-state index contributed by atoms with van der Waals surface area (Å²) in [5.74, 6) is -0.765. The predicted octanol–water partition coefficient (Wildman–Crippen LogP) is 3.82. The summed E-state index contributed by atoms with van der Waals surface area (Å²) in [7, 11) is -3.86. The summed E-state index contributed by atoms with van der Waals surface area (Å²) in [6.45, 7) is 5.66.